The summed E-state index contributed by atoms with van der Waals surface area (Å²) in [7, 11) is 0. The number of benzene rings is 1. The number of thiazole rings is 1. The third-order valence-electron chi connectivity index (χ3n) is 2.15. The number of hydrogen-bond acceptors (Lipinski definition) is 5. The Morgan fingerprint density at radius 3 is 3.05 bits per heavy atom. The first-order chi connectivity index (χ1) is 9.10. The van der Waals surface area contributed by atoms with Crippen LogP contribution in [0.15, 0.2) is 23.6 Å². The maximum atomic E-state index is 13.2. The van der Waals surface area contributed by atoms with Crippen molar-refractivity contribution in [1.82, 2.24) is 10.4 Å². The first kappa shape index (κ1) is 13.7. The molecule has 19 heavy (non-hydrogen) atoms. The number of nitrogens with two attached hydrogens (primary N) is 1. The molecule has 0 spiro atoms. The van der Waals surface area contributed by atoms with Crippen LogP contribution in [0.3, 0.4) is 0 Å². The van der Waals surface area contributed by atoms with E-state index in [1.807, 2.05) is 5.43 Å². The molecule has 1 aromatic heterocycles. The van der Waals surface area contributed by atoms with E-state index in [9.17, 15) is 9.18 Å². The Kier molecular flexibility index (Phi) is 4.31. The zero-order valence-corrected chi connectivity index (χ0v) is 11.1. The van der Waals surface area contributed by atoms with E-state index in [0.29, 0.717) is 11.4 Å². The van der Waals surface area contributed by atoms with Gasteiger partial charge in [-0.25, -0.2) is 15.2 Å². The molecule has 2 rings (SSSR count). The predicted molar refractivity (Wildman–Crippen MR) is 69.5 cm³/mol. The van der Waals surface area contributed by atoms with Crippen LogP contribution in [0.1, 0.15) is 15.5 Å². The largest absolute Gasteiger partial charge is 0.487 e. The number of carbonyl (C=O) groups is 1. The lowest BCUT2D eigenvalue weighted by molar-refractivity contribution is 0.0953. The van der Waals surface area contributed by atoms with E-state index < -0.39 is 11.7 Å². The molecule has 0 radical (unpaired) electrons. The van der Waals surface area contributed by atoms with Gasteiger partial charge in [-0.3, -0.25) is 10.2 Å². The van der Waals surface area contributed by atoms with Crippen molar-refractivity contribution in [3.8, 4) is 5.75 Å². The number of carbonyl (C=O) groups excluding carboxylic acids is 1. The highest BCUT2D eigenvalue weighted by Crippen LogP contribution is 2.21. The molecular formula is C11H9ClFN3O2S. The molecule has 1 heterocycles. The van der Waals surface area contributed by atoms with Crippen molar-refractivity contribution in [2.45, 2.75) is 6.61 Å². The average Bonchev–Trinajstić information content (AvgIpc) is 2.88. The van der Waals surface area contributed by atoms with Crippen LogP contribution in [-0.2, 0) is 6.61 Å². The van der Waals surface area contributed by atoms with Gasteiger partial charge in [-0.2, -0.15) is 0 Å². The zero-order valence-electron chi connectivity index (χ0n) is 9.52. The number of amides is 1. The van der Waals surface area contributed by atoms with Gasteiger partial charge in [0.05, 0.1) is 10.7 Å². The van der Waals surface area contributed by atoms with E-state index in [1.165, 1.54) is 12.1 Å². The summed E-state index contributed by atoms with van der Waals surface area (Å²) in [4.78, 5) is 15.2. The highest BCUT2D eigenvalue weighted by Gasteiger charge is 2.10. The first-order valence-corrected chi connectivity index (χ1v) is 6.39. The summed E-state index contributed by atoms with van der Waals surface area (Å²) in [6.07, 6.45) is 0. The SMILES string of the molecule is NNC(=O)c1nc(COc2ccc(Cl)c(F)c2)cs1. The zero-order chi connectivity index (χ0) is 13.8. The van der Waals surface area contributed by atoms with E-state index in [2.05, 4.69) is 4.98 Å². The smallest absolute Gasteiger partial charge is 0.294 e. The normalized spacial score (nSPS) is 10.3. The number of rotatable bonds is 4. The van der Waals surface area contributed by atoms with Crippen molar-refractivity contribution in [2.24, 2.45) is 5.84 Å². The molecule has 8 heteroatoms. The molecule has 0 atom stereocenters. The lowest BCUT2D eigenvalue weighted by atomic mass is 10.3. The lowest BCUT2D eigenvalue weighted by Crippen LogP contribution is -2.29. The quantitative estimate of drug-likeness (QED) is 0.515. The predicted octanol–water partition coefficient (Wildman–Crippen LogP) is 2.12. The maximum absolute atomic E-state index is 13.2. The van der Waals surface area contributed by atoms with E-state index in [4.69, 9.17) is 22.2 Å². The molecule has 100 valence electrons. The number of nitrogens with zero attached hydrogens (tertiary/aromatic N) is 1. The van der Waals surface area contributed by atoms with Gasteiger partial charge in [-0.05, 0) is 12.1 Å². The third kappa shape index (κ3) is 3.40. The summed E-state index contributed by atoms with van der Waals surface area (Å²) in [5.41, 5.74) is 2.54. The summed E-state index contributed by atoms with van der Waals surface area (Å²) < 4.78 is 18.5. The van der Waals surface area contributed by atoms with Gasteiger partial charge in [0.25, 0.3) is 5.91 Å². The Labute approximate surface area is 117 Å². The topological polar surface area (TPSA) is 77.2 Å². The number of halogens is 2. The second-order valence-corrected chi connectivity index (χ2v) is 4.75. The molecule has 0 aliphatic heterocycles. The van der Waals surface area contributed by atoms with Crippen molar-refractivity contribution in [3.63, 3.8) is 0 Å². The van der Waals surface area contributed by atoms with Crippen LogP contribution in [0.4, 0.5) is 4.39 Å². The molecule has 0 saturated carbocycles. The van der Waals surface area contributed by atoms with Gasteiger partial charge in [0.2, 0.25) is 0 Å². The van der Waals surface area contributed by atoms with Crippen LogP contribution in [0.25, 0.3) is 0 Å². The molecular weight excluding hydrogens is 293 g/mol. The van der Waals surface area contributed by atoms with E-state index in [0.717, 1.165) is 11.3 Å². The van der Waals surface area contributed by atoms with Crippen LogP contribution >= 0.6 is 22.9 Å². The van der Waals surface area contributed by atoms with Crippen LogP contribution in [0.2, 0.25) is 5.02 Å². The molecule has 1 aromatic carbocycles. The van der Waals surface area contributed by atoms with Crippen molar-refractivity contribution < 1.29 is 13.9 Å². The highest BCUT2D eigenvalue weighted by molar-refractivity contribution is 7.11. The fraction of sp³-hybridized carbons (Fsp3) is 0.0909. The number of ether oxygens (including phenoxy) is 1. The molecule has 0 fully saturated rings. The molecule has 2 aromatic rings. The minimum Gasteiger partial charge on any atom is -0.487 e. The van der Waals surface area contributed by atoms with E-state index in [-0.39, 0.29) is 16.6 Å². The third-order valence-corrected chi connectivity index (χ3v) is 3.35. The Bertz CT molecular complexity index is 605. The maximum Gasteiger partial charge on any atom is 0.294 e. The lowest BCUT2D eigenvalue weighted by Gasteiger charge is -2.04. The van der Waals surface area contributed by atoms with Gasteiger partial charge < -0.3 is 4.74 Å². The van der Waals surface area contributed by atoms with Gasteiger partial charge >= 0.3 is 0 Å². The Balaban J connectivity index is 2.00. The van der Waals surface area contributed by atoms with Gasteiger partial charge in [-0.1, -0.05) is 11.6 Å². The van der Waals surface area contributed by atoms with Crippen molar-refractivity contribution in [1.29, 1.82) is 0 Å². The van der Waals surface area contributed by atoms with Crippen LogP contribution in [-0.4, -0.2) is 10.9 Å². The Hall–Kier alpha value is -1.70. The van der Waals surface area contributed by atoms with Crippen LogP contribution in [0, 0.1) is 5.82 Å². The summed E-state index contributed by atoms with van der Waals surface area (Å²) in [6, 6.07) is 4.13. The molecule has 0 aliphatic carbocycles. The summed E-state index contributed by atoms with van der Waals surface area (Å²) in [5, 5.41) is 1.93. The average molecular weight is 302 g/mol. The highest BCUT2D eigenvalue weighted by atomic mass is 35.5. The van der Waals surface area contributed by atoms with Gasteiger partial charge in [-0.15, -0.1) is 11.3 Å². The van der Waals surface area contributed by atoms with Crippen LogP contribution < -0.4 is 16.0 Å². The summed E-state index contributed by atoms with van der Waals surface area (Å²) >= 11 is 6.70. The molecule has 0 saturated heterocycles. The molecule has 0 unspecified atom stereocenters. The fourth-order valence-corrected chi connectivity index (χ4v) is 2.09. The van der Waals surface area contributed by atoms with Gasteiger partial charge in [0, 0.05) is 11.4 Å². The molecule has 0 aliphatic rings. The Morgan fingerprint density at radius 1 is 1.58 bits per heavy atom. The number of nitrogens with one attached hydrogen (secondary N) is 1. The molecule has 1 amide bonds. The second-order valence-electron chi connectivity index (χ2n) is 3.48. The van der Waals surface area contributed by atoms with Crippen molar-refractivity contribution >= 4 is 28.8 Å². The number of hydrazine groups is 1. The standard InChI is InChI=1S/C11H9ClFN3O2S/c12-8-2-1-7(3-9(8)13)18-4-6-5-19-11(15-6)10(17)16-14/h1-3,5H,4,14H2,(H,16,17). The number of nitrogen functional groups attached to an aromatic ring is 1. The molecule has 3 N–H and O–H groups in total. The first-order valence-electron chi connectivity index (χ1n) is 5.13. The van der Waals surface area contributed by atoms with E-state index in [1.54, 1.807) is 11.4 Å². The second kappa shape index (κ2) is 5.96. The molecule has 5 nitrogen and oxygen atoms in total. The van der Waals surface area contributed by atoms with Gasteiger partial charge in [0.1, 0.15) is 18.2 Å². The number of aromatic nitrogens is 1. The number of hydrogen-bond donors (Lipinski definition) is 2. The van der Waals surface area contributed by atoms with Crippen LogP contribution in [0.5, 0.6) is 5.75 Å². The molecule has 0 bridgehead atoms. The Morgan fingerprint density at radius 2 is 2.37 bits per heavy atom. The van der Waals surface area contributed by atoms with Crippen molar-refractivity contribution in [3.05, 3.63) is 45.1 Å². The monoisotopic (exact) mass is 301 g/mol. The van der Waals surface area contributed by atoms with E-state index >= 15 is 0 Å². The summed E-state index contributed by atoms with van der Waals surface area (Å²) in [6.45, 7) is 0.120. The van der Waals surface area contributed by atoms with Gasteiger partial charge in [0.15, 0.2) is 5.01 Å². The van der Waals surface area contributed by atoms with Crippen molar-refractivity contribution in [2.75, 3.05) is 0 Å². The minimum atomic E-state index is -0.555. The summed E-state index contributed by atoms with van der Waals surface area (Å²) in [5.74, 6) is 4.30. The fourth-order valence-electron chi connectivity index (χ4n) is 1.26. The minimum absolute atomic E-state index is 0.0305.